The number of halogens is 1. The fourth-order valence-electron chi connectivity index (χ4n) is 1.28. The van der Waals surface area contributed by atoms with E-state index < -0.39 is 10.0 Å². The molecular weight excluding hydrogens is 302 g/mol. The van der Waals surface area contributed by atoms with Crippen LogP contribution in [-0.2, 0) is 10.0 Å². The van der Waals surface area contributed by atoms with Crippen LogP contribution in [0.4, 0.5) is 0 Å². The molecule has 0 radical (unpaired) electrons. The highest BCUT2D eigenvalue weighted by Gasteiger charge is 2.12. The second-order valence-corrected chi connectivity index (χ2v) is 6.20. The summed E-state index contributed by atoms with van der Waals surface area (Å²) < 4.78 is 27.0. The van der Waals surface area contributed by atoms with Crippen LogP contribution in [0.2, 0.25) is 0 Å². The molecule has 0 atom stereocenters. The topological polar surface area (TPSA) is 46.2 Å². The zero-order valence-electron chi connectivity index (χ0n) is 9.32. The van der Waals surface area contributed by atoms with E-state index in [4.69, 9.17) is 6.42 Å². The first kappa shape index (κ1) is 14.2. The molecular formula is C12H14BrNO2S. The van der Waals surface area contributed by atoms with Gasteiger partial charge < -0.3 is 0 Å². The van der Waals surface area contributed by atoms with Gasteiger partial charge in [-0.25, -0.2) is 13.1 Å². The first-order valence-electron chi connectivity index (χ1n) is 5.25. The van der Waals surface area contributed by atoms with Gasteiger partial charge in [-0.1, -0.05) is 22.0 Å². The summed E-state index contributed by atoms with van der Waals surface area (Å²) in [6, 6.07) is 6.61. The van der Waals surface area contributed by atoms with Gasteiger partial charge in [0.05, 0.1) is 4.90 Å². The van der Waals surface area contributed by atoms with Crippen molar-refractivity contribution in [3.63, 3.8) is 0 Å². The number of hydrogen-bond acceptors (Lipinski definition) is 2. The summed E-state index contributed by atoms with van der Waals surface area (Å²) >= 11 is 3.24. The molecule has 17 heavy (non-hydrogen) atoms. The van der Waals surface area contributed by atoms with Crippen LogP contribution >= 0.6 is 15.9 Å². The fraction of sp³-hybridized carbons (Fsp3) is 0.333. The SMILES string of the molecule is C#CCCCCNS(=O)(=O)c1cccc(Br)c1. The highest BCUT2D eigenvalue weighted by molar-refractivity contribution is 9.10. The molecule has 0 spiro atoms. The Hall–Kier alpha value is -0.830. The molecule has 3 nitrogen and oxygen atoms in total. The van der Waals surface area contributed by atoms with Crippen molar-refractivity contribution in [1.29, 1.82) is 0 Å². The monoisotopic (exact) mass is 315 g/mol. The van der Waals surface area contributed by atoms with Crippen LogP contribution in [0.5, 0.6) is 0 Å². The van der Waals surface area contributed by atoms with Gasteiger partial charge in [0.25, 0.3) is 0 Å². The van der Waals surface area contributed by atoms with Gasteiger partial charge in [-0.15, -0.1) is 12.3 Å². The Morgan fingerprint density at radius 1 is 1.35 bits per heavy atom. The van der Waals surface area contributed by atoms with Gasteiger partial charge in [0, 0.05) is 17.4 Å². The van der Waals surface area contributed by atoms with Crippen molar-refractivity contribution >= 4 is 26.0 Å². The second-order valence-electron chi connectivity index (χ2n) is 3.52. The molecule has 0 aliphatic carbocycles. The smallest absolute Gasteiger partial charge is 0.211 e. The fourth-order valence-corrected chi connectivity index (χ4v) is 2.95. The maximum atomic E-state index is 11.8. The van der Waals surface area contributed by atoms with Crippen molar-refractivity contribution < 1.29 is 8.42 Å². The maximum Gasteiger partial charge on any atom is 0.240 e. The lowest BCUT2D eigenvalue weighted by Crippen LogP contribution is -2.24. The van der Waals surface area contributed by atoms with E-state index in [1.54, 1.807) is 24.3 Å². The Morgan fingerprint density at radius 2 is 2.12 bits per heavy atom. The molecule has 0 saturated heterocycles. The van der Waals surface area contributed by atoms with E-state index in [0.717, 1.165) is 17.3 Å². The number of benzene rings is 1. The molecule has 0 amide bonds. The second kappa shape index (κ2) is 6.80. The van der Waals surface area contributed by atoms with Crippen LogP contribution in [-0.4, -0.2) is 15.0 Å². The van der Waals surface area contributed by atoms with E-state index in [1.165, 1.54) is 0 Å². The third-order valence-electron chi connectivity index (χ3n) is 2.15. The number of sulfonamides is 1. The Kier molecular flexibility index (Phi) is 5.69. The Bertz CT molecular complexity index is 505. The third kappa shape index (κ3) is 4.90. The van der Waals surface area contributed by atoms with Crippen LogP contribution in [0.3, 0.4) is 0 Å². The van der Waals surface area contributed by atoms with Crippen LogP contribution in [0, 0.1) is 12.3 Å². The predicted molar refractivity (Wildman–Crippen MR) is 72.0 cm³/mol. The number of rotatable bonds is 6. The minimum absolute atomic E-state index is 0.267. The van der Waals surface area contributed by atoms with Crippen LogP contribution in [0.15, 0.2) is 33.6 Å². The van der Waals surface area contributed by atoms with E-state index in [9.17, 15) is 8.42 Å². The van der Waals surface area contributed by atoms with Crippen molar-refractivity contribution in [2.45, 2.75) is 24.2 Å². The highest BCUT2D eigenvalue weighted by atomic mass is 79.9. The lowest BCUT2D eigenvalue weighted by molar-refractivity contribution is 0.577. The molecule has 0 aromatic heterocycles. The highest BCUT2D eigenvalue weighted by Crippen LogP contribution is 2.15. The van der Waals surface area contributed by atoms with Crippen molar-refractivity contribution in [2.24, 2.45) is 0 Å². The van der Waals surface area contributed by atoms with Crippen molar-refractivity contribution in [2.75, 3.05) is 6.54 Å². The first-order valence-corrected chi connectivity index (χ1v) is 7.52. The van der Waals surface area contributed by atoms with Gasteiger partial charge in [-0.2, -0.15) is 0 Å². The molecule has 0 saturated carbocycles. The predicted octanol–water partition coefficient (Wildman–Crippen LogP) is 2.53. The first-order chi connectivity index (χ1) is 8.06. The Balaban J connectivity index is 2.55. The van der Waals surface area contributed by atoms with Gasteiger partial charge >= 0.3 is 0 Å². The molecule has 0 aliphatic rings. The molecule has 0 heterocycles. The standard InChI is InChI=1S/C12H14BrNO2S/c1-2-3-4-5-9-14-17(15,16)12-8-6-7-11(13)10-12/h1,6-8,10,14H,3-5,9H2. The zero-order chi connectivity index (χ0) is 12.7. The molecule has 1 rings (SSSR count). The number of terminal acetylenes is 1. The van der Waals surface area contributed by atoms with Gasteiger partial charge in [-0.3, -0.25) is 0 Å². The van der Waals surface area contributed by atoms with Crippen LogP contribution in [0.25, 0.3) is 0 Å². The maximum absolute atomic E-state index is 11.8. The largest absolute Gasteiger partial charge is 0.240 e. The Morgan fingerprint density at radius 3 is 2.76 bits per heavy atom. The summed E-state index contributed by atoms with van der Waals surface area (Å²) in [5.41, 5.74) is 0. The van der Waals surface area contributed by atoms with Gasteiger partial charge in [-0.05, 0) is 31.0 Å². The average Bonchev–Trinajstić information content (AvgIpc) is 2.29. The summed E-state index contributed by atoms with van der Waals surface area (Å²) in [6.07, 6.45) is 7.37. The van der Waals surface area contributed by atoms with Gasteiger partial charge in [0.2, 0.25) is 10.0 Å². The molecule has 0 bridgehead atoms. The molecule has 1 N–H and O–H groups in total. The van der Waals surface area contributed by atoms with E-state index in [2.05, 4.69) is 26.6 Å². The third-order valence-corrected chi connectivity index (χ3v) is 4.10. The normalized spacial score (nSPS) is 11.1. The number of unbranched alkanes of at least 4 members (excludes halogenated alkanes) is 2. The van der Waals surface area contributed by atoms with Gasteiger partial charge in [0.15, 0.2) is 0 Å². The zero-order valence-corrected chi connectivity index (χ0v) is 11.7. The molecule has 0 fully saturated rings. The summed E-state index contributed by atoms with van der Waals surface area (Å²) in [4.78, 5) is 0.267. The van der Waals surface area contributed by atoms with E-state index in [-0.39, 0.29) is 4.90 Å². The number of nitrogens with one attached hydrogen (secondary N) is 1. The van der Waals surface area contributed by atoms with E-state index in [0.29, 0.717) is 13.0 Å². The van der Waals surface area contributed by atoms with Crippen molar-refractivity contribution in [1.82, 2.24) is 4.72 Å². The molecule has 1 aromatic carbocycles. The minimum Gasteiger partial charge on any atom is -0.211 e. The molecule has 0 aliphatic heterocycles. The number of hydrogen-bond donors (Lipinski definition) is 1. The van der Waals surface area contributed by atoms with Crippen molar-refractivity contribution in [3.8, 4) is 12.3 Å². The molecule has 0 unspecified atom stereocenters. The summed E-state index contributed by atoms with van der Waals surface area (Å²) in [5.74, 6) is 2.52. The Labute approximate surface area is 111 Å². The quantitative estimate of drug-likeness (QED) is 0.647. The summed E-state index contributed by atoms with van der Waals surface area (Å²) in [6.45, 7) is 0.413. The van der Waals surface area contributed by atoms with E-state index >= 15 is 0 Å². The molecule has 1 aromatic rings. The lowest BCUT2D eigenvalue weighted by Gasteiger charge is -2.06. The van der Waals surface area contributed by atoms with E-state index in [1.807, 2.05) is 0 Å². The lowest BCUT2D eigenvalue weighted by atomic mass is 10.2. The van der Waals surface area contributed by atoms with Crippen LogP contribution in [0.1, 0.15) is 19.3 Å². The summed E-state index contributed by atoms with van der Waals surface area (Å²) in [7, 11) is -3.40. The molecule has 5 heteroatoms. The van der Waals surface area contributed by atoms with Gasteiger partial charge in [0.1, 0.15) is 0 Å². The van der Waals surface area contributed by atoms with Crippen molar-refractivity contribution in [3.05, 3.63) is 28.7 Å². The van der Waals surface area contributed by atoms with Crippen LogP contribution < -0.4 is 4.72 Å². The molecule has 92 valence electrons. The summed E-state index contributed by atoms with van der Waals surface area (Å²) in [5, 5.41) is 0. The minimum atomic E-state index is -3.40. The average molecular weight is 316 g/mol.